The highest BCUT2D eigenvalue weighted by Gasteiger charge is 2.50. The van der Waals surface area contributed by atoms with E-state index in [4.69, 9.17) is 9.72 Å². The van der Waals surface area contributed by atoms with E-state index in [2.05, 4.69) is 25.2 Å². The van der Waals surface area contributed by atoms with Gasteiger partial charge in [0.2, 0.25) is 5.91 Å². The van der Waals surface area contributed by atoms with Gasteiger partial charge in [0.25, 0.3) is 5.56 Å². The molecule has 1 fully saturated rings. The number of hydrogen-bond acceptors (Lipinski definition) is 7. The highest BCUT2D eigenvalue weighted by Crippen LogP contribution is 2.48. The molecule has 0 spiro atoms. The van der Waals surface area contributed by atoms with E-state index in [1.807, 2.05) is 0 Å². The summed E-state index contributed by atoms with van der Waals surface area (Å²) < 4.78 is 6.85. The lowest BCUT2D eigenvalue weighted by atomic mass is 9.80. The quantitative estimate of drug-likeness (QED) is 0.346. The molecule has 39 heavy (non-hydrogen) atoms. The van der Waals surface area contributed by atoms with Crippen molar-refractivity contribution in [3.8, 4) is 11.4 Å². The van der Waals surface area contributed by atoms with Gasteiger partial charge in [-0.3, -0.25) is 9.59 Å². The maximum atomic E-state index is 13.7. The molecule has 7 rings (SSSR count). The summed E-state index contributed by atoms with van der Waals surface area (Å²) in [4.78, 5) is 44.6. The van der Waals surface area contributed by atoms with Gasteiger partial charge in [-0.2, -0.15) is 0 Å². The normalized spacial score (nSPS) is 23.6. The number of amides is 1. The molecule has 1 amide bonds. The molecule has 4 heterocycles. The topological polar surface area (TPSA) is 131 Å². The second-order valence-corrected chi connectivity index (χ2v) is 11.7. The summed E-state index contributed by atoms with van der Waals surface area (Å²) in [7, 11) is 0. The highest BCUT2D eigenvalue weighted by atomic mass is 16.6. The zero-order valence-electron chi connectivity index (χ0n) is 22.3. The van der Waals surface area contributed by atoms with Crippen LogP contribution in [0.15, 0.2) is 16.9 Å². The molecule has 2 aliphatic carbocycles. The number of aromatic nitrogens is 2. The van der Waals surface area contributed by atoms with Gasteiger partial charge < -0.3 is 24.8 Å². The van der Waals surface area contributed by atoms with Gasteiger partial charge in [0, 0.05) is 16.5 Å². The van der Waals surface area contributed by atoms with Crippen molar-refractivity contribution in [3.05, 3.63) is 61.4 Å². The fraction of sp³-hybridized carbons (Fsp3) is 0.467. The lowest BCUT2D eigenvalue weighted by Gasteiger charge is -2.31. The zero-order valence-corrected chi connectivity index (χ0v) is 22.3. The van der Waals surface area contributed by atoms with Gasteiger partial charge in [-0.25, -0.2) is 9.78 Å². The number of aliphatic hydroxyl groups excluding tert-OH is 1. The lowest BCUT2D eigenvalue weighted by molar-refractivity contribution is -0.172. The van der Waals surface area contributed by atoms with E-state index in [1.165, 1.54) is 11.1 Å². The van der Waals surface area contributed by atoms with Crippen molar-refractivity contribution in [1.29, 1.82) is 0 Å². The Balaban J connectivity index is 1.47. The molecule has 3 aromatic rings. The second-order valence-electron chi connectivity index (χ2n) is 11.7. The molecular weight excluding hydrogens is 498 g/mol. The Labute approximate surface area is 224 Å². The molecule has 0 unspecified atom stereocenters. The average molecular weight is 530 g/mol. The number of nitrogens with zero attached hydrogens (tertiary/aromatic N) is 2. The summed E-state index contributed by atoms with van der Waals surface area (Å²) in [5.41, 5.74) is 5.04. The highest BCUT2D eigenvalue weighted by molar-refractivity contribution is 5.95. The largest absolute Gasteiger partial charge is 0.458 e. The number of ether oxygens (including phenoxy) is 1. The van der Waals surface area contributed by atoms with Crippen LogP contribution >= 0.6 is 0 Å². The summed E-state index contributed by atoms with van der Waals surface area (Å²) in [5.74, 6) is -0.883. The van der Waals surface area contributed by atoms with Crippen molar-refractivity contribution in [2.75, 3.05) is 6.61 Å². The Morgan fingerprint density at radius 3 is 2.67 bits per heavy atom. The van der Waals surface area contributed by atoms with Crippen molar-refractivity contribution in [3.63, 3.8) is 0 Å². The number of rotatable bonds is 4. The average Bonchev–Trinajstić information content (AvgIpc) is 3.65. The number of nitrogens with one attached hydrogen (secondary N) is 1. The summed E-state index contributed by atoms with van der Waals surface area (Å²) in [6.45, 7) is 5.78. The van der Waals surface area contributed by atoms with Crippen molar-refractivity contribution in [2.24, 2.45) is 5.41 Å². The molecule has 2 aromatic heterocycles. The number of pyridine rings is 2. The third-order valence-corrected chi connectivity index (χ3v) is 9.64. The zero-order chi connectivity index (χ0) is 27.4. The predicted octanol–water partition coefficient (Wildman–Crippen LogP) is 2.57. The van der Waals surface area contributed by atoms with Crippen LogP contribution in [0.2, 0.25) is 0 Å². The first-order chi connectivity index (χ1) is 18.6. The van der Waals surface area contributed by atoms with E-state index in [0.717, 1.165) is 34.0 Å². The Morgan fingerprint density at radius 2 is 1.97 bits per heavy atom. The van der Waals surface area contributed by atoms with E-state index in [9.17, 15) is 24.6 Å². The van der Waals surface area contributed by atoms with Gasteiger partial charge in [0.15, 0.2) is 5.60 Å². The molecular formula is C30H31N3O6. The number of esters is 1. The molecule has 1 saturated carbocycles. The Kier molecular flexibility index (Phi) is 5.01. The number of benzene rings is 1. The van der Waals surface area contributed by atoms with Gasteiger partial charge in [-0.15, -0.1) is 0 Å². The summed E-state index contributed by atoms with van der Waals surface area (Å²) >= 11 is 0. The summed E-state index contributed by atoms with van der Waals surface area (Å²) in [6, 6.07) is 3.49. The predicted molar refractivity (Wildman–Crippen MR) is 142 cm³/mol. The summed E-state index contributed by atoms with van der Waals surface area (Å²) in [5, 5.41) is 25.4. The number of aliphatic hydroxyl groups is 2. The molecule has 2 aliphatic heterocycles. The first-order valence-electron chi connectivity index (χ1n) is 13.7. The molecule has 0 saturated heterocycles. The second kappa shape index (κ2) is 7.99. The van der Waals surface area contributed by atoms with Crippen LogP contribution in [-0.2, 0) is 39.5 Å². The van der Waals surface area contributed by atoms with E-state index in [1.54, 1.807) is 17.6 Å². The number of carbonyl (C=O) groups excluding carboxylic acids is 2. The van der Waals surface area contributed by atoms with Crippen LogP contribution < -0.4 is 10.9 Å². The van der Waals surface area contributed by atoms with Gasteiger partial charge in [-0.1, -0.05) is 6.92 Å². The lowest BCUT2D eigenvalue weighted by Crippen LogP contribution is -2.44. The fourth-order valence-corrected chi connectivity index (χ4v) is 6.80. The number of carbonyl (C=O) groups is 2. The number of fused-ring (bicyclic) bond motifs is 5. The fourth-order valence-electron chi connectivity index (χ4n) is 6.80. The van der Waals surface area contributed by atoms with Crippen LogP contribution in [0.4, 0.5) is 0 Å². The van der Waals surface area contributed by atoms with Crippen molar-refractivity contribution >= 4 is 22.8 Å². The minimum Gasteiger partial charge on any atom is -0.458 e. The van der Waals surface area contributed by atoms with Crippen molar-refractivity contribution in [2.45, 2.75) is 77.7 Å². The monoisotopic (exact) mass is 529 g/mol. The Hall–Kier alpha value is -3.56. The third-order valence-electron chi connectivity index (χ3n) is 9.64. The first-order valence-corrected chi connectivity index (χ1v) is 13.7. The minimum absolute atomic E-state index is 0.0769. The molecule has 0 radical (unpaired) electrons. The van der Waals surface area contributed by atoms with E-state index >= 15 is 0 Å². The number of cyclic esters (lactones) is 1. The van der Waals surface area contributed by atoms with Gasteiger partial charge in [0.05, 0.1) is 47.1 Å². The third kappa shape index (κ3) is 3.14. The minimum atomic E-state index is -1.89. The standard InChI is InChI=1S/C30H31N3O6/c1-4-30(38)19-10-22-25-17(11-33(22)26(35)18(19)12-39-28(30)37)24-20(32-27(36)29(13-34)7-8-29)6-5-16-15(3)14(2)9-21(31-25)23(16)24/h9-10,20,34,38H,4-8,11-13H2,1-3H3,(H,32,36)/t20-,30-/m0/s1. The maximum Gasteiger partial charge on any atom is 0.343 e. The van der Waals surface area contributed by atoms with Crippen LogP contribution in [-0.4, -0.2) is 38.2 Å². The maximum absolute atomic E-state index is 13.7. The van der Waals surface area contributed by atoms with E-state index in [0.29, 0.717) is 30.7 Å². The van der Waals surface area contributed by atoms with Crippen LogP contribution in [0.3, 0.4) is 0 Å². The Bertz CT molecular complexity index is 1700. The van der Waals surface area contributed by atoms with Crippen LogP contribution in [0.5, 0.6) is 0 Å². The van der Waals surface area contributed by atoms with Gasteiger partial charge in [-0.05, 0) is 80.3 Å². The van der Waals surface area contributed by atoms with Crippen LogP contribution in [0.25, 0.3) is 22.3 Å². The SMILES string of the molecule is CC[C@@]1(O)C(=O)OCc2c1cc1n(c2=O)Cc2c-1nc1cc(C)c(C)c3c1c2[C@@H](NC(=O)C1(CO)CC1)CC3. The molecule has 202 valence electrons. The van der Waals surface area contributed by atoms with E-state index < -0.39 is 17.0 Å². The van der Waals surface area contributed by atoms with Crippen molar-refractivity contribution < 1.29 is 24.5 Å². The molecule has 9 heteroatoms. The first kappa shape index (κ1) is 24.5. The molecule has 2 atom stereocenters. The van der Waals surface area contributed by atoms with E-state index in [-0.39, 0.29) is 54.8 Å². The van der Waals surface area contributed by atoms with Crippen LogP contribution in [0, 0.1) is 19.3 Å². The van der Waals surface area contributed by atoms with Crippen LogP contribution in [0.1, 0.15) is 77.6 Å². The molecule has 4 aliphatic rings. The molecule has 1 aromatic carbocycles. The molecule has 9 nitrogen and oxygen atoms in total. The molecule has 0 bridgehead atoms. The number of hydrogen-bond donors (Lipinski definition) is 3. The van der Waals surface area contributed by atoms with Gasteiger partial charge in [0.1, 0.15) is 6.61 Å². The summed E-state index contributed by atoms with van der Waals surface area (Å²) in [6.07, 6.45) is 2.92. The number of aryl methyl sites for hydroxylation is 2. The van der Waals surface area contributed by atoms with Crippen molar-refractivity contribution in [1.82, 2.24) is 14.9 Å². The smallest absolute Gasteiger partial charge is 0.343 e. The van der Waals surface area contributed by atoms with Gasteiger partial charge >= 0.3 is 5.97 Å². The molecule has 3 N–H and O–H groups in total. The Morgan fingerprint density at radius 1 is 1.21 bits per heavy atom.